The summed E-state index contributed by atoms with van der Waals surface area (Å²) in [5.41, 5.74) is 5.41. The summed E-state index contributed by atoms with van der Waals surface area (Å²) in [4.78, 5) is 2.07. The van der Waals surface area contributed by atoms with Gasteiger partial charge in [-0.05, 0) is 35.2 Å². The first-order valence-electron chi connectivity index (χ1n) is 10.8. The molecule has 3 aromatic carbocycles. The van der Waals surface area contributed by atoms with Gasteiger partial charge in [0.25, 0.3) is 5.52 Å². The quantitative estimate of drug-likeness (QED) is 0.276. The lowest BCUT2D eigenvalue weighted by molar-refractivity contribution is -0.652. The molecule has 0 atom stereocenters. The SMILES string of the molecule is CC.CN1C(=Cc2oc3ccccc3[n+]2C)Oc2ccc(-c3csc4ccccc34)cc21. The number of hydrogen-bond acceptors (Lipinski definition) is 4. The van der Waals surface area contributed by atoms with Crippen molar-refractivity contribution in [2.75, 3.05) is 11.9 Å². The molecule has 0 unspecified atom stereocenters. The minimum Gasteiger partial charge on any atom is -0.438 e. The van der Waals surface area contributed by atoms with E-state index in [1.165, 1.54) is 21.2 Å². The van der Waals surface area contributed by atoms with Crippen LogP contribution in [0.25, 0.3) is 38.4 Å². The standard InChI is InChI=1S/C25H19N2O2S.C2H6/c1-26-19-8-4-5-9-21(19)28-24(26)14-25-27(2)20-13-16(11-12-22(20)29-25)18-15-30-23-10-6-3-7-17(18)23;1-2/h3-15H,1-2H3;1-2H3/q+1;. The van der Waals surface area contributed by atoms with Crippen LogP contribution in [-0.4, -0.2) is 7.05 Å². The van der Waals surface area contributed by atoms with Crippen molar-refractivity contribution in [3.05, 3.63) is 83.9 Å². The predicted molar refractivity (Wildman–Crippen MR) is 133 cm³/mol. The Hall–Kier alpha value is -3.57. The van der Waals surface area contributed by atoms with Crippen molar-refractivity contribution in [3.63, 3.8) is 0 Å². The van der Waals surface area contributed by atoms with Crippen LogP contribution in [0.2, 0.25) is 0 Å². The molecule has 1 aliphatic heterocycles. The van der Waals surface area contributed by atoms with Crippen molar-refractivity contribution in [2.45, 2.75) is 13.8 Å². The Morgan fingerprint density at radius 1 is 0.969 bits per heavy atom. The molecule has 32 heavy (non-hydrogen) atoms. The lowest BCUT2D eigenvalue weighted by atomic mass is 10.0. The third-order valence-corrected chi connectivity index (χ3v) is 6.64. The maximum absolute atomic E-state index is 6.15. The summed E-state index contributed by atoms with van der Waals surface area (Å²) in [7, 11) is 4.02. The maximum atomic E-state index is 6.15. The summed E-state index contributed by atoms with van der Waals surface area (Å²) < 4.78 is 15.5. The first-order chi connectivity index (χ1) is 15.7. The van der Waals surface area contributed by atoms with E-state index in [1.54, 1.807) is 11.3 Å². The van der Waals surface area contributed by atoms with Crippen LogP contribution in [0.4, 0.5) is 5.69 Å². The summed E-state index contributed by atoms with van der Waals surface area (Å²) in [6, 6.07) is 22.9. The molecule has 0 saturated carbocycles. The summed E-state index contributed by atoms with van der Waals surface area (Å²) in [5, 5.41) is 3.52. The average molecular weight is 442 g/mol. The summed E-state index contributed by atoms with van der Waals surface area (Å²) in [6.07, 6.45) is 1.94. The van der Waals surface area contributed by atoms with Crippen LogP contribution in [0.1, 0.15) is 19.7 Å². The van der Waals surface area contributed by atoms with Gasteiger partial charge in [0.2, 0.25) is 11.5 Å². The number of aromatic nitrogens is 1. The molecule has 0 fully saturated rings. The minimum absolute atomic E-state index is 0.743. The van der Waals surface area contributed by atoms with Gasteiger partial charge in [0.15, 0.2) is 5.75 Å². The maximum Gasteiger partial charge on any atom is 0.379 e. The molecule has 1 aliphatic rings. The molecule has 0 saturated heterocycles. The Labute approximate surface area is 191 Å². The third-order valence-electron chi connectivity index (χ3n) is 5.68. The average Bonchev–Trinajstić information content (AvgIpc) is 3.50. The van der Waals surface area contributed by atoms with Crippen LogP contribution in [-0.2, 0) is 7.05 Å². The molecule has 5 aromatic rings. The zero-order valence-corrected chi connectivity index (χ0v) is 19.4. The van der Waals surface area contributed by atoms with Crippen LogP contribution in [0.5, 0.6) is 5.75 Å². The lowest BCUT2D eigenvalue weighted by Crippen LogP contribution is -2.29. The molecule has 2 aromatic heterocycles. The van der Waals surface area contributed by atoms with Gasteiger partial charge in [0, 0.05) is 28.8 Å². The van der Waals surface area contributed by atoms with Gasteiger partial charge in [0.1, 0.15) is 13.1 Å². The van der Waals surface area contributed by atoms with Crippen molar-refractivity contribution >= 4 is 44.3 Å². The Bertz CT molecular complexity index is 1460. The summed E-state index contributed by atoms with van der Waals surface area (Å²) >= 11 is 1.78. The van der Waals surface area contributed by atoms with E-state index in [4.69, 9.17) is 9.15 Å². The second-order valence-corrected chi connectivity index (χ2v) is 8.35. The fraction of sp³-hybridized carbons (Fsp3) is 0.148. The van der Waals surface area contributed by atoms with E-state index in [9.17, 15) is 0 Å². The van der Waals surface area contributed by atoms with E-state index in [-0.39, 0.29) is 0 Å². The smallest absolute Gasteiger partial charge is 0.379 e. The summed E-state index contributed by atoms with van der Waals surface area (Å²) in [5.74, 6) is 2.34. The Morgan fingerprint density at radius 3 is 2.59 bits per heavy atom. The highest BCUT2D eigenvalue weighted by molar-refractivity contribution is 7.17. The fourth-order valence-corrected chi connectivity index (χ4v) is 4.98. The number of nitrogens with zero attached hydrogens (tertiary/aromatic N) is 2. The molecule has 0 amide bonds. The number of fused-ring (bicyclic) bond motifs is 3. The molecule has 5 heteroatoms. The second kappa shape index (κ2) is 8.17. The van der Waals surface area contributed by atoms with Crippen LogP contribution in [0, 0.1) is 0 Å². The number of aryl methyl sites for hydroxylation is 1. The van der Waals surface area contributed by atoms with Gasteiger partial charge in [-0.1, -0.05) is 50.2 Å². The van der Waals surface area contributed by atoms with Crippen molar-refractivity contribution in [1.29, 1.82) is 0 Å². The van der Waals surface area contributed by atoms with Gasteiger partial charge in [-0.15, -0.1) is 11.3 Å². The zero-order chi connectivity index (χ0) is 22.2. The normalized spacial score (nSPS) is 13.9. The predicted octanol–water partition coefficient (Wildman–Crippen LogP) is 6.99. The number of anilines is 1. The lowest BCUT2D eigenvalue weighted by Gasteiger charge is -2.11. The van der Waals surface area contributed by atoms with Crippen LogP contribution >= 0.6 is 11.3 Å². The number of thiophene rings is 1. The number of oxazole rings is 1. The third kappa shape index (κ3) is 3.26. The van der Waals surface area contributed by atoms with E-state index < -0.39 is 0 Å². The zero-order valence-electron chi connectivity index (χ0n) is 18.6. The van der Waals surface area contributed by atoms with E-state index in [0.717, 1.165) is 34.3 Å². The highest BCUT2D eigenvalue weighted by Crippen LogP contribution is 2.43. The number of rotatable bonds is 2. The number of benzene rings is 3. The highest BCUT2D eigenvalue weighted by Gasteiger charge is 2.27. The molecule has 0 N–H and O–H groups in total. The van der Waals surface area contributed by atoms with Crippen molar-refractivity contribution < 1.29 is 13.7 Å². The number of para-hydroxylation sites is 2. The van der Waals surface area contributed by atoms with E-state index in [1.807, 2.05) is 68.9 Å². The van der Waals surface area contributed by atoms with E-state index >= 15 is 0 Å². The van der Waals surface area contributed by atoms with Crippen LogP contribution < -0.4 is 14.2 Å². The molecule has 4 nitrogen and oxygen atoms in total. The van der Waals surface area contributed by atoms with E-state index in [0.29, 0.717) is 0 Å². The molecular weight excluding hydrogens is 416 g/mol. The first-order valence-corrected chi connectivity index (χ1v) is 11.7. The van der Waals surface area contributed by atoms with Crippen molar-refractivity contribution in [2.24, 2.45) is 7.05 Å². The Kier molecular flexibility index (Phi) is 5.19. The van der Waals surface area contributed by atoms with Gasteiger partial charge in [-0.25, -0.2) is 0 Å². The minimum atomic E-state index is 0.743. The van der Waals surface area contributed by atoms with Crippen molar-refractivity contribution in [1.82, 2.24) is 0 Å². The second-order valence-electron chi connectivity index (χ2n) is 7.44. The van der Waals surface area contributed by atoms with E-state index in [2.05, 4.69) is 46.7 Å². The number of ether oxygens (including phenoxy) is 1. The molecule has 0 spiro atoms. The molecule has 160 valence electrons. The molecular formula is C27H25N2O2S+. The van der Waals surface area contributed by atoms with Gasteiger partial charge >= 0.3 is 5.89 Å². The van der Waals surface area contributed by atoms with Gasteiger partial charge < -0.3 is 14.1 Å². The van der Waals surface area contributed by atoms with Crippen LogP contribution in [0.3, 0.4) is 0 Å². The van der Waals surface area contributed by atoms with Gasteiger partial charge in [-0.2, -0.15) is 4.57 Å². The Balaban J connectivity index is 0.00000105. The fourth-order valence-electron chi connectivity index (χ4n) is 4.01. The van der Waals surface area contributed by atoms with Crippen molar-refractivity contribution in [3.8, 4) is 16.9 Å². The monoisotopic (exact) mass is 441 g/mol. The number of hydrogen-bond donors (Lipinski definition) is 0. The molecule has 0 aliphatic carbocycles. The largest absolute Gasteiger partial charge is 0.438 e. The first kappa shape index (κ1) is 20.3. The molecule has 0 radical (unpaired) electrons. The molecule has 0 bridgehead atoms. The molecule has 6 rings (SSSR count). The Morgan fingerprint density at radius 2 is 1.75 bits per heavy atom. The topological polar surface area (TPSA) is 29.5 Å². The van der Waals surface area contributed by atoms with Gasteiger partial charge in [0.05, 0.1) is 5.69 Å². The van der Waals surface area contributed by atoms with Gasteiger partial charge in [-0.3, -0.25) is 0 Å². The molecule has 3 heterocycles. The summed E-state index contributed by atoms with van der Waals surface area (Å²) in [6.45, 7) is 4.00. The van der Waals surface area contributed by atoms with Crippen LogP contribution in [0.15, 0.2) is 82.4 Å². The highest BCUT2D eigenvalue weighted by atomic mass is 32.1.